The van der Waals surface area contributed by atoms with Crippen molar-refractivity contribution in [3.63, 3.8) is 0 Å². The lowest BCUT2D eigenvalue weighted by molar-refractivity contribution is -0.149. The van der Waals surface area contributed by atoms with E-state index in [2.05, 4.69) is 10.3 Å². The molecule has 2 amide bonds. The number of amides is 2. The highest BCUT2D eigenvalue weighted by molar-refractivity contribution is 5.80. The third-order valence-electron chi connectivity index (χ3n) is 6.41. The zero-order valence-corrected chi connectivity index (χ0v) is 15.5. The molecule has 2 heterocycles. The number of hydrogen-bond donors (Lipinski definition) is 2. The van der Waals surface area contributed by atoms with E-state index in [1.807, 2.05) is 12.1 Å². The molecule has 2 aliphatic carbocycles. The minimum absolute atomic E-state index is 0.0782. The molecule has 0 aromatic carbocycles. The summed E-state index contributed by atoms with van der Waals surface area (Å²) in [5.74, 6) is -0.0514. The lowest BCUT2D eigenvalue weighted by Crippen LogP contribution is -2.41. The van der Waals surface area contributed by atoms with E-state index in [1.165, 1.54) is 12.8 Å². The summed E-state index contributed by atoms with van der Waals surface area (Å²) in [7, 11) is 0. The predicted molar refractivity (Wildman–Crippen MR) is 98.3 cm³/mol. The van der Waals surface area contributed by atoms with E-state index in [9.17, 15) is 14.7 Å². The molecule has 1 saturated heterocycles. The van der Waals surface area contributed by atoms with Crippen LogP contribution in [0.15, 0.2) is 18.3 Å². The van der Waals surface area contributed by atoms with Crippen molar-refractivity contribution in [2.45, 2.75) is 57.6 Å². The summed E-state index contributed by atoms with van der Waals surface area (Å²) in [4.78, 5) is 30.2. The maximum absolute atomic E-state index is 12.5. The van der Waals surface area contributed by atoms with Gasteiger partial charge in [0.15, 0.2) is 0 Å². The third-order valence-corrected chi connectivity index (χ3v) is 6.41. The van der Waals surface area contributed by atoms with Gasteiger partial charge in [-0.15, -0.1) is 0 Å². The second kappa shape index (κ2) is 7.37. The number of nitrogens with zero attached hydrogens (tertiary/aromatic N) is 2. The van der Waals surface area contributed by atoms with Crippen LogP contribution in [0, 0.1) is 11.3 Å². The molecule has 0 unspecified atom stereocenters. The van der Waals surface area contributed by atoms with Crippen molar-refractivity contribution in [2.24, 2.45) is 11.3 Å². The van der Waals surface area contributed by atoms with Crippen molar-refractivity contribution < 1.29 is 19.4 Å². The molecule has 2 N–H and O–H groups in total. The number of likely N-dealkylation sites (tertiary alicyclic amines) is 1. The molecule has 2 atom stereocenters. The van der Waals surface area contributed by atoms with E-state index in [1.54, 1.807) is 11.1 Å². The van der Waals surface area contributed by atoms with Crippen LogP contribution in [0.3, 0.4) is 0 Å². The monoisotopic (exact) mass is 373 g/mol. The second-order valence-corrected chi connectivity index (χ2v) is 8.12. The molecule has 3 fully saturated rings. The van der Waals surface area contributed by atoms with Crippen molar-refractivity contribution in [1.82, 2.24) is 15.2 Å². The Hall–Kier alpha value is -2.31. The summed E-state index contributed by atoms with van der Waals surface area (Å²) in [6.07, 6.45) is 9.12. The first-order chi connectivity index (χ1) is 13.1. The van der Waals surface area contributed by atoms with Crippen molar-refractivity contribution in [3.05, 3.63) is 23.9 Å². The van der Waals surface area contributed by atoms with Crippen LogP contribution in [0.5, 0.6) is 5.88 Å². The molecular weight excluding hydrogens is 346 g/mol. The molecule has 3 aliphatic rings. The Morgan fingerprint density at radius 1 is 1.26 bits per heavy atom. The van der Waals surface area contributed by atoms with Crippen LogP contribution in [-0.4, -0.2) is 46.2 Å². The van der Waals surface area contributed by atoms with E-state index in [0.717, 1.165) is 31.2 Å². The fourth-order valence-electron chi connectivity index (χ4n) is 4.85. The van der Waals surface area contributed by atoms with E-state index in [-0.39, 0.29) is 18.1 Å². The van der Waals surface area contributed by atoms with Crippen LogP contribution in [0.1, 0.15) is 50.5 Å². The summed E-state index contributed by atoms with van der Waals surface area (Å²) < 4.78 is 5.85. The molecule has 0 radical (unpaired) electrons. The van der Waals surface area contributed by atoms with E-state index in [4.69, 9.17) is 4.74 Å². The summed E-state index contributed by atoms with van der Waals surface area (Å²) in [5, 5.41) is 12.5. The zero-order chi connectivity index (χ0) is 18.9. The number of rotatable bonds is 5. The first-order valence-electron chi connectivity index (χ1n) is 9.94. The lowest BCUT2D eigenvalue weighted by Gasteiger charge is -2.23. The topological polar surface area (TPSA) is 91.8 Å². The molecule has 1 aromatic heterocycles. The lowest BCUT2D eigenvalue weighted by atomic mass is 9.81. The number of aromatic nitrogens is 1. The fraction of sp³-hybridized carbons (Fsp3) is 0.650. The van der Waals surface area contributed by atoms with Crippen molar-refractivity contribution in [1.29, 1.82) is 0 Å². The quantitative estimate of drug-likeness (QED) is 0.828. The molecular formula is C20H27N3O4. The summed E-state index contributed by atoms with van der Waals surface area (Å²) in [6, 6.07) is 3.56. The zero-order valence-electron chi connectivity index (χ0n) is 15.5. The maximum atomic E-state index is 12.5. The number of aliphatic carboxylic acids is 1. The Bertz CT molecular complexity index is 702. The Balaban J connectivity index is 1.29. The SMILES string of the molecule is O=C(NCc1ccc(OC2CCCC2)nc1)N1C[C@@H]2CCC[C@@]2(C(=O)O)C1. The molecule has 1 aromatic rings. The smallest absolute Gasteiger partial charge is 0.317 e. The van der Waals surface area contributed by atoms with Crippen molar-refractivity contribution in [3.8, 4) is 5.88 Å². The van der Waals surface area contributed by atoms with Gasteiger partial charge in [0.2, 0.25) is 5.88 Å². The Morgan fingerprint density at radius 2 is 2.07 bits per heavy atom. The first-order valence-corrected chi connectivity index (χ1v) is 9.94. The van der Waals surface area contributed by atoms with E-state index >= 15 is 0 Å². The molecule has 2 saturated carbocycles. The van der Waals surface area contributed by atoms with Gasteiger partial charge in [0.05, 0.1) is 5.41 Å². The van der Waals surface area contributed by atoms with Gasteiger partial charge >= 0.3 is 12.0 Å². The van der Waals surface area contributed by atoms with Crippen LogP contribution in [0.2, 0.25) is 0 Å². The average molecular weight is 373 g/mol. The van der Waals surface area contributed by atoms with Crippen LogP contribution >= 0.6 is 0 Å². The fourth-order valence-corrected chi connectivity index (χ4v) is 4.85. The molecule has 0 spiro atoms. The minimum atomic E-state index is -0.762. The summed E-state index contributed by atoms with van der Waals surface area (Å²) in [5.41, 5.74) is 0.160. The number of carboxylic acid groups (broad SMARTS) is 1. The van der Waals surface area contributed by atoms with Gasteiger partial charge in [-0.2, -0.15) is 0 Å². The molecule has 7 nitrogen and oxygen atoms in total. The Morgan fingerprint density at radius 3 is 2.74 bits per heavy atom. The standard InChI is InChI=1S/C20H27N3O4/c24-18(25)20-9-3-4-15(20)12-23(13-20)19(26)22-11-14-7-8-17(21-10-14)27-16-5-1-2-6-16/h7-8,10,15-16H,1-6,9,11-13H2,(H,22,26)(H,24,25)/t15-,20+/m0/s1. The third kappa shape index (κ3) is 3.59. The Labute approximate surface area is 159 Å². The number of urea groups is 1. The van der Waals surface area contributed by atoms with Gasteiger partial charge in [0.25, 0.3) is 0 Å². The normalized spacial score (nSPS) is 27.6. The molecule has 7 heteroatoms. The number of fused-ring (bicyclic) bond motifs is 1. The molecule has 27 heavy (non-hydrogen) atoms. The molecule has 0 bridgehead atoms. The largest absolute Gasteiger partial charge is 0.481 e. The van der Waals surface area contributed by atoms with Crippen molar-refractivity contribution in [2.75, 3.05) is 13.1 Å². The van der Waals surface area contributed by atoms with E-state index < -0.39 is 11.4 Å². The number of ether oxygens (including phenoxy) is 1. The molecule has 4 rings (SSSR count). The highest BCUT2D eigenvalue weighted by Crippen LogP contribution is 2.48. The number of carbonyl (C=O) groups is 2. The van der Waals surface area contributed by atoms with Crippen LogP contribution in [0.4, 0.5) is 4.79 Å². The van der Waals surface area contributed by atoms with Gasteiger partial charge in [-0.25, -0.2) is 9.78 Å². The van der Waals surface area contributed by atoms with Gasteiger partial charge in [0, 0.05) is 31.9 Å². The van der Waals surface area contributed by atoms with Crippen LogP contribution in [0.25, 0.3) is 0 Å². The minimum Gasteiger partial charge on any atom is -0.481 e. The number of carboxylic acids is 1. The van der Waals surface area contributed by atoms with Gasteiger partial charge in [-0.1, -0.05) is 12.5 Å². The highest BCUT2D eigenvalue weighted by Gasteiger charge is 2.55. The second-order valence-electron chi connectivity index (χ2n) is 8.12. The molecule has 146 valence electrons. The van der Waals surface area contributed by atoms with Gasteiger partial charge in [-0.05, 0) is 50.0 Å². The van der Waals surface area contributed by atoms with Crippen molar-refractivity contribution >= 4 is 12.0 Å². The van der Waals surface area contributed by atoms with Crippen LogP contribution < -0.4 is 10.1 Å². The first kappa shape index (κ1) is 18.1. The molecule has 1 aliphatic heterocycles. The maximum Gasteiger partial charge on any atom is 0.317 e. The highest BCUT2D eigenvalue weighted by atomic mass is 16.5. The predicted octanol–water partition coefficient (Wildman–Crippen LogP) is 2.80. The summed E-state index contributed by atoms with van der Waals surface area (Å²) >= 11 is 0. The number of nitrogens with one attached hydrogen (secondary N) is 1. The van der Waals surface area contributed by atoms with E-state index in [0.29, 0.717) is 31.9 Å². The number of pyridine rings is 1. The van der Waals surface area contributed by atoms with Gasteiger partial charge in [0.1, 0.15) is 6.10 Å². The number of hydrogen-bond acceptors (Lipinski definition) is 4. The summed E-state index contributed by atoms with van der Waals surface area (Å²) in [6.45, 7) is 1.21. The van der Waals surface area contributed by atoms with Crippen LogP contribution in [-0.2, 0) is 11.3 Å². The number of carbonyl (C=O) groups excluding carboxylic acids is 1. The van der Waals surface area contributed by atoms with Gasteiger partial charge in [-0.3, -0.25) is 4.79 Å². The Kier molecular flexibility index (Phi) is 4.93. The average Bonchev–Trinajstić information content (AvgIpc) is 3.36. The van der Waals surface area contributed by atoms with Gasteiger partial charge < -0.3 is 20.1 Å².